The van der Waals surface area contributed by atoms with Gasteiger partial charge in [0.1, 0.15) is 5.01 Å². The lowest BCUT2D eigenvalue weighted by Crippen LogP contribution is -2.38. The number of amides is 1. The third-order valence-corrected chi connectivity index (χ3v) is 6.44. The Hall–Kier alpha value is -2.74. The highest BCUT2D eigenvalue weighted by atomic mass is 32.1. The first kappa shape index (κ1) is 16.4. The van der Waals surface area contributed by atoms with Crippen molar-refractivity contribution in [3.63, 3.8) is 0 Å². The van der Waals surface area contributed by atoms with Gasteiger partial charge in [0.05, 0.1) is 6.42 Å². The highest BCUT2D eigenvalue weighted by molar-refractivity contribution is 7.16. The molecule has 4 heterocycles. The molecule has 0 atom stereocenters. The van der Waals surface area contributed by atoms with Crippen LogP contribution in [0.3, 0.4) is 0 Å². The second-order valence-electron chi connectivity index (χ2n) is 7.07. The summed E-state index contributed by atoms with van der Waals surface area (Å²) in [5.74, 6) is 1.42. The molecule has 1 fully saturated rings. The molecular weight excluding hydrogens is 360 g/mol. The van der Waals surface area contributed by atoms with Crippen molar-refractivity contribution in [3.05, 3.63) is 46.9 Å². The molecule has 0 bridgehead atoms. The minimum Gasteiger partial charge on any atom is -0.361 e. The highest BCUT2D eigenvalue weighted by Crippen LogP contribution is 2.31. The Kier molecular flexibility index (Phi) is 3.93. The first-order valence-corrected chi connectivity index (χ1v) is 10.0. The highest BCUT2D eigenvalue weighted by Gasteiger charge is 2.27. The maximum absolute atomic E-state index is 12.8. The maximum Gasteiger partial charge on any atom is 0.234 e. The van der Waals surface area contributed by atoms with E-state index in [1.807, 2.05) is 40.7 Å². The Morgan fingerprint density at radius 1 is 1.26 bits per heavy atom. The SMILES string of the molecule is Cc1nnc2sc(C3CCN(C(=O)Cc4c[nH]c5ccccc45)CC3)nn12. The van der Waals surface area contributed by atoms with E-state index >= 15 is 0 Å². The number of para-hydroxylation sites is 1. The van der Waals surface area contributed by atoms with Crippen molar-refractivity contribution in [2.75, 3.05) is 13.1 Å². The molecule has 0 saturated carbocycles. The van der Waals surface area contributed by atoms with Gasteiger partial charge in [-0.2, -0.15) is 9.61 Å². The molecular formula is C19H20N6OS. The van der Waals surface area contributed by atoms with E-state index in [0.29, 0.717) is 12.3 Å². The fraction of sp³-hybridized carbons (Fsp3) is 0.368. The quantitative estimate of drug-likeness (QED) is 0.593. The molecule has 1 amide bonds. The van der Waals surface area contributed by atoms with Gasteiger partial charge in [-0.1, -0.05) is 29.5 Å². The molecule has 7 nitrogen and oxygen atoms in total. The van der Waals surface area contributed by atoms with Crippen LogP contribution in [0.5, 0.6) is 0 Å². The summed E-state index contributed by atoms with van der Waals surface area (Å²) in [6.45, 7) is 3.48. The Balaban J connectivity index is 1.25. The van der Waals surface area contributed by atoms with E-state index in [-0.39, 0.29) is 5.91 Å². The third kappa shape index (κ3) is 2.90. The smallest absolute Gasteiger partial charge is 0.234 e. The lowest BCUT2D eigenvalue weighted by molar-refractivity contribution is -0.131. The maximum atomic E-state index is 12.8. The number of aryl methyl sites for hydroxylation is 1. The topological polar surface area (TPSA) is 79.2 Å². The van der Waals surface area contributed by atoms with Crippen LogP contribution in [0, 0.1) is 6.92 Å². The monoisotopic (exact) mass is 380 g/mol. The number of aromatic nitrogens is 5. The van der Waals surface area contributed by atoms with Crippen molar-refractivity contribution >= 4 is 33.1 Å². The molecule has 3 aromatic heterocycles. The molecule has 5 rings (SSSR count). The summed E-state index contributed by atoms with van der Waals surface area (Å²) in [4.78, 5) is 18.9. The lowest BCUT2D eigenvalue weighted by Gasteiger charge is -2.31. The second-order valence-corrected chi connectivity index (χ2v) is 8.06. The van der Waals surface area contributed by atoms with Crippen LogP contribution in [0.2, 0.25) is 0 Å². The second kappa shape index (κ2) is 6.45. The predicted molar refractivity (Wildman–Crippen MR) is 104 cm³/mol. The number of carbonyl (C=O) groups is 1. The number of nitrogens with zero attached hydrogens (tertiary/aromatic N) is 5. The van der Waals surface area contributed by atoms with Gasteiger partial charge in [-0.15, -0.1) is 10.2 Å². The molecule has 0 unspecified atom stereocenters. The number of H-pyrrole nitrogens is 1. The molecule has 0 radical (unpaired) electrons. The summed E-state index contributed by atoms with van der Waals surface area (Å²) in [6, 6.07) is 8.12. The Morgan fingerprint density at radius 3 is 2.89 bits per heavy atom. The predicted octanol–water partition coefficient (Wildman–Crippen LogP) is 2.92. The van der Waals surface area contributed by atoms with E-state index in [1.54, 1.807) is 11.3 Å². The van der Waals surface area contributed by atoms with Crippen LogP contribution in [0.1, 0.15) is 35.2 Å². The van der Waals surface area contributed by atoms with Gasteiger partial charge in [-0.3, -0.25) is 4.79 Å². The Labute approximate surface area is 160 Å². The number of aromatic amines is 1. The minimum absolute atomic E-state index is 0.201. The van der Waals surface area contributed by atoms with Crippen LogP contribution in [0.15, 0.2) is 30.5 Å². The molecule has 1 N–H and O–H groups in total. The number of piperidine rings is 1. The van der Waals surface area contributed by atoms with Crippen molar-refractivity contribution in [2.45, 2.75) is 32.1 Å². The number of nitrogens with one attached hydrogen (secondary N) is 1. The van der Waals surface area contributed by atoms with Crippen molar-refractivity contribution < 1.29 is 4.79 Å². The van der Waals surface area contributed by atoms with Crippen LogP contribution in [-0.4, -0.2) is 48.7 Å². The normalized spacial score (nSPS) is 15.8. The first-order chi connectivity index (χ1) is 13.2. The van der Waals surface area contributed by atoms with Gasteiger partial charge in [0, 0.05) is 36.1 Å². The Morgan fingerprint density at radius 2 is 2.07 bits per heavy atom. The first-order valence-electron chi connectivity index (χ1n) is 9.20. The molecule has 0 spiro atoms. The summed E-state index contributed by atoms with van der Waals surface area (Å²) < 4.78 is 1.81. The van der Waals surface area contributed by atoms with E-state index < -0.39 is 0 Å². The van der Waals surface area contributed by atoms with Gasteiger partial charge in [0.15, 0.2) is 5.82 Å². The largest absolute Gasteiger partial charge is 0.361 e. The van der Waals surface area contributed by atoms with E-state index in [4.69, 9.17) is 0 Å². The molecule has 1 saturated heterocycles. The van der Waals surface area contributed by atoms with Crippen LogP contribution >= 0.6 is 11.3 Å². The summed E-state index contributed by atoms with van der Waals surface area (Å²) in [5.41, 5.74) is 2.15. The van der Waals surface area contributed by atoms with Crippen LogP contribution in [0.4, 0.5) is 0 Å². The molecule has 27 heavy (non-hydrogen) atoms. The molecule has 1 aliphatic rings. The van der Waals surface area contributed by atoms with Gasteiger partial charge in [-0.05, 0) is 31.4 Å². The zero-order valence-electron chi connectivity index (χ0n) is 15.1. The lowest BCUT2D eigenvalue weighted by atomic mass is 9.97. The van der Waals surface area contributed by atoms with E-state index in [9.17, 15) is 4.79 Å². The van der Waals surface area contributed by atoms with Gasteiger partial charge in [-0.25, -0.2) is 0 Å². The fourth-order valence-electron chi connectivity index (χ4n) is 3.82. The average molecular weight is 380 g/mol. The van der Waals surface area contributed by atoms with Crippen LogP contribution in [0.25, 0.3) is 15.9 Å². The molecule has 8 heteroatoms. The van der Waals surface area contributed by atoms with E-state index in [0.717, 1.165) is 58.2 Å². The standard InChI is InChI=1S/C19H20N6OS/c1-12-21-22-19-25(12)23-18(27-19)13-6-8-24(9-7-13)17(26)10-14-11-20-16-5-3-2-4-15(14)16/h2-5,11,13,20H,6-10H2,1H3. The summed E-state index contributed by atoms with van der Waals surface area (Å²) >= 11 is 1.61. The van der Waals surface area contributed by atoms with Gasteiger partial charge in [0.25, 0.3) is 0 Å². The molecule has 1 aromatic carbocycles. The molecule has 0 aliphatic carbocycles. The zero-order chi connectivity index (χ0) is 18.4. The molecule has 1 aliphatic heterocycles. The van der Waals surface area contributed by atoms with Crippen LogP contribution < -0.4 is 0 Å². The summed E-state index contributed by atoms with van der Waals surface area (Å²) in [6.07, 6.45) is 4.30. The van der Waals surface area contributed by atoms with Crippen molar-refractivity contribution in [3.8, 4) is 0 Å². The average Bonchev–Trinajstić information content (AvgIpc) is 3.39. The number of likely N-dealkylation sites (tertiary alicyclic amines) is 1. The third-order valence-electron chi connectivity index (χ3n) is 5.38. The Bertz CT molecular complexity index is 1120. The van der Waals surface area contributed by atoms with E-state index in [2.05, 4.69) is 26.3 Å². The number of hydrogen-bond acceptors (Lipinski definition) is 5. The van der Waals surface area contributed by atoms with Crippen LogP contribution in [-0.2, 0) is 11.2 Å². The fourth-order valence-corrected chi connectivity index (χ4v) is 4.88. The zero-order valence-corrected chi connectivity index (χ0v) is 15.9. The van der Waals surface area contributed by atoms with Crippen molar-refractivity contribution in [1.82, 2.24) is 29.7 Å². The van der Waals surface area contributed by atoms with Gasteiger partial charge < -0.3 is 9.88 Å². The van der Waals surface area contributed by atoms with Crippen molar-refractivity contribution in [1.29, 1.82) is 0 Å². The number of carbonyl (C=O) groups excluding carboxylic acids is 1. The minimum atomic E-state index is 0.201. The van der Waals surface area contributed by atoms with Gasteiger partial charge >= 0.3 is 0 Å². The number of benzene rings is 1. The number of fused-ring (bicyclic) bond motifs is 2. The van der Waals surface area contributed by atoms with Crippen molar-refractivity contribution in [2.24, 2.45) is 0 Å². The summed E-state index contributed by atoms with van der Waals surface area (Å²) in [5, 5.41) is 15.1. The molecule has 138 valence electrons. The number of hydrogen-bond donors (Lipinski definition) is 1. The summed E-state index contributed by atoms with van der Waals surface area (Å²) in [7, 11) is 0. The molecule has 4 aromatic rings. The van der Waals surface area contributed by atoms with E-state index in [1.165, 1.54) is 0 Å². The van der Waals surface area contributed by atoms with Gasteiger partial charge in [0.2, 0.25) is 10.9 Å². The number of rotatable bonds is 3.